The van der Waals surface area contributed by atoms with Gasteiger partial charge >= 0.3 is 0 Å². The molecular weight excluding hydrogens is 396 g/mol. The van der Waals surface area contributed by atoms with Crippen molar-refractivity contribution in [1.82, 2.24) is 9.97 Å². The zero-order valence-corrected chi connectivity index (χ0v) is 15.6. The monoisotopic (exact) mass is 408 g/mol. The van der Waals surface area contributed by atoms with Crippen LogP contribution in [0.15, 0.2) is 83.3 Å². The minimum Gasteiger partial charge on any atom is -0.337 e. The minimum absolute atomic E-state index is 0.719. The van der Waals surface area contributed by atoms with Crippen molar-refractivity contribution in [1.29, 1.82) is 0 Å². The molecule has 1 N–H and O–H groups in total. The second-order valence-corrected chi connectivity index (χ2v) is 7.04. The number of aromatic amines is 1. The van der Waals surface area contributed by atoms with E-state index in [0.717, 1.165) is 43.4 Å². The molecule has 0 amide bonds. The molecule has 0 aliphatic rings. The van der Waals surface area contributed by atoms with Gasteiger partial charge in [-0.3, -0.25) is 0 Å². The fraction of sp³-hybridized carbons (Fsp3) is 0. The lowest BCUT2D eigenvalue weighted by molar-refractivity contribution is 1.31. The van der Waals surface area contributed by atoms with E-state index in [2.05, 4.69) is 39.1 Å². The van der Waals surface area contributed by atoms with Crippen LogP contribution in [0.2, 0.25) is 5.02 Å². The third-order valence-corrected chi connectivity index (χ3v) is 4.73. The van der Waals surface area contributed by atoms with E-state index in [0.29, 0.717) is 0 Å². The summed E-state index contributed by atoms with van der Waals surface area (Å²) in [6.45, 7) is 0. The lowest BCUT2D eigenvalue weighted by atomic mass is 10.1. The molecule has 1 aromatic heterocycles. The number of rotatable bonds is 3. The molecule has 0 aliphatic carbocycles. The first kappa shape index (κ1) is 16.1. The zero-order valence-electron chi connectivity index (χ0n) is 13.2. The van der Waals surface area contributed by atoms with Gasteiger partial charge in [0.2, 0.25) is 0 Å². The predicted molar refractivity (Wildman–Crippen MR) is 108 cm³/mol. The molecular formula is C21H14BrClN2. The molecule has 0 bridgehead atoms. The average molecular weight is 410 g/mol. The van der Waals surface area contributed by atoms with Crippen molar-refractivity contribution in [2.75, 3.05) is 0 Å². The second-order valence-electron chi connectivity index (χ2n) is 5.69. The highest BCUT2D eigenvalue weighted by Gasteiger charge is 2.15. The molecule has 25 heavy (non-hydrogen) atoms. The molecule has 4 heteroatoms. The van der Waals surface area contributed by atoms with Gasteiger partial charge in [-0.15, -0.1) is 0 Å². The van der Waals surface area contributed by atoms with E-state index in [1.807, 2.05) is 60.7 Å². The van der Waals surface area contributed by atoms with Crippen molar-refractivity contribution in [2.24, 2.45) is 0 Å². The van der Waals surface area contributed by atoms with Crippen LogP contribution in [0.1, 0.15) is 0 Å². The number of imidazole rings is 1. The van der Waals surface area contributed by atoms with Gasteiger partial charge in [0.05, 0.1) is 11.4 Å². The maximum absolute atomic E-state index is 6.04. The van der Waals surface area contributed by atoms with Crippen molar-refractivity contribution < 1.29 is 0 Å². The van der Waals surface area contributed by atoms with Gasteiger partial charge in [0.1, 0.15) is 5.82 Å². The Bertz CT molecular complexity index is 1010. The summed E-state index contributed by atoms with van der Waals surface area (Å²) in [6, 6.07) is 26.1. The first-order valence-electron chi connectivity index (χ1n) is 7.88. The highest BCUT2D eigenvalue weighted by Crippen LogP contribution is 2.33. The SMILES string of the molecule is Clc1ccc(-c2[nH]c(-c3cccc(Br)c3)nc2-c2ccccc2)cc1. The Labute approximate surface area is 159 Å². The maximum atomic E-state index is 6.04. The molecule has 0 atom stereocenters. The normalized spacial score (nSPS) is 10.8. The van der Waals surface area contributed by atoms with Crippen LogP contribution in [-0.4, -0.2) is 9.97 Å². The lowest BCUT2D eigenvalue weighted by Gasteiger charge is -2.03. The van der Waals surface area contributed by atoms with Crippen molar-refractivity contribution in [3.05, 3.63) is 88.4 Å². The van der Waals surface area contributed by atoms with Gasteiger partial charge in [-0.1, -0.05) is 82.1 Å². The topological polar surface area (TPSA) is 28.7 Å². The third-order valence-electron chi connectivity index (χ3n) is 3.98. The molecule has 122 valence electrons. The Balaban J connectivity index is 1.90. The highest BCUT2D eigenvalue weighted by atomic mass is 79.9. The fourth-order valence-corrected chi connectivity index (χ4v) is 3.30. The minimum atomic E-state index is 0.719. The number of hydrogen-bond acceptors (Lipinski definition) is 1. The number of benzene rings is 3. The molecule has 1 heterocycles. The lowest BCUT2D eigenvalue weighted by Crippen LogP contribution is -1.83. The predicted octanol–water partition coefficient (Wildman–Crippen LogP) is 6.83. The van der Waals surface area contributed by atoms with Crippen LogP contribution in [0.5, 0.6) is 0 Å². The van der Waals surface area contributed by atoms with Crippen LogP contribution in [-0.2, 0) is 0 Å². The number of aromatic nitrogens is 2. The molecule has 0 saturated carbocycles. The van der Waals surface area contributed by atoms with Crippen LogP contribution in [0.4, 0.5) is 0 Å². The smallest absolute Gasteiger partial charge is 0.138 e. The van der Waals surface area contributed by atoms with Crippen LogP contribution in [0.3, 0.4) is 0 Å². The first-order chi connectivity index (χ1) is 12.2. The molecule has 0 aliphatic heterocycles. The average Bonchev–Trinajstić information content (AvgIpc) is 3.08. The van der Waals surface area contributed by atoms with E-state index in [4.69, 9.17) is 16.6 Å². The highest BCUT2D eigenvalue weighted by molar-refractivity contribution is 9.10. The molecule has 0 radical (unpaired) electrons. The molecule has 0 fully saturated rings. The number of nitrogens with zero attached hydrogens (tertiary/aromatic N) is 1. The Morgan fingerprint density at radius 3 is 2.20 bits per heavy atom. The van der Waals surface area contributed by atoms with Gasteiger partial charge in [-0.05, 0) is 24.3 Å². The molecule has 4 aromatic rings. The van der Waals surface area contributed by atoms with Crippen LogP contribution < -0.4 is 0 Å². The van der Waals surface area contributed by atoms with E-state index in [1.54, 1.807) is 0 Å². The summed E-state index contributed by atoms with van der Waals surface area (Å²) in [4.78, 5) is 8.37. The summed E-state index contributed by atoms with van der Waals surface area (Å²) in [5, 5.41) is 0.719. The fourth-order valence-electron chi connectivity index (χ4n) is 2.78. The van der Waals surface area contributed by atoms with E-state index < -0.39 is 0 Å². The van der Waals surface area contributed by atoms with Crippen molar-refractivity contribution in [3.8, 4) is 33.9 Å². The van der Waals surface area contributed by atoms with Gasteiger partial charge in [0, 0.05) is 26.2 Å². The summed E-state index contributed by atoms with van der Waals surface area (Å²) in [5.41, 5.74) is 5.07. The van der Waals surface area contributed by atoms with E-state index in [-0.39, 0.29) is 0 Å². The Morgan fingerprint density at radius 2 is 1.48 bits per heavy atom. The maximum Gasteiger partial charge on any atom is 0.138 e. The molecule has 3 aromatic carbocycles. The Hall–Kier alpha value is -2.36. The molecule has 4 rings (SSSR count). The van der Waals surface area contributed by atoms with Crippen LogP contribution >= 0.6 is 27.5 Å². The zero-order chi connectivity index (χ0) is 17.2. The molecule has 2 nitrogen and oxygen atoms in total. The first-order valence-corrected chi connectivity index (χ1v) is 9.05. The number of hydrogen-bond donors (Lipinski definition) is 1. The standard InChI is InChI=1S/C21H14BrClN2/c22-17-8-4-7-16(13-17)21-24-19(14-5-2-1-3-6-14)20(25-21)15-9-11-18(23)12-10-15/h1-13H,(H,24,25). The van der Waals surface area contributed by atoms with Crippen molar-refractivity contribution >= 4 is 27.5 Å². The second kappa shape index (κ2) is 6.87. The summed E-state index contributed by atoms with van der Waals surface area (Å²) in [7, 11) is 0. The van der Waals surface area contributed by atoms with Gasteiger partial charge in [-0.2, -0.15) is 0 Å². The summed E-state index contributed by atoms with van der Waals surface area (Å²) in [6.07, 6.45) is 0. The Morgan fingerprint density at radius 1 is 0.760 bits per heavy atom. The Kier molecular flexibility index (Phi) is 4.43. The summed E-state index contributed by atoms with van der Waals surface area (Å²) < 4.78 is 1.02. The van der Waals surface area contributed by atoms with Crippen LogP contribution in [0.25, 0.3) is 33.9 Å². The van der Waals surface area contributed by atoms with E-state index in [9.17, 15) is 0 Å². The van der Waals surface area contributed by atoms with E-state index >= 15 is 0 Å². The van der Waals surface area contributed by atoms with Gasteiger partial charge in [0.15, 0.2) is 0 Å². The third kappa shape index (κ3) is 3.39. The largest absolute Gasteiger partial charge is 0.337 e. The molecule has 0 spiro atoms. The van der Waals surface area contributed by atoms with Gasteiger partial charge < -0.3 is 4.98 Å². The van der Waals surface area contributed by atoms with Crippen molar-refractivity contribution in [3.63, 3.8) is 0 Å². The molecule has 0 saturated heterocycles. The van der Waals surface area contributed by atoms with E-state index in [1.165, 1.54) is 0 Å². The van der Waals surface area contributed by atoms with Crippen molar-refractivity contribution in [2.45, 2.75) is 0 Å². The van der Waals surface area contributed by atoms with Crippen LogP contribution in [0, 0.1) is 0 Å². The molecule has 0 unspecified atom stereocenters. The number of H-pyrrole nitrogens is 1. The van der Waals surface area contributed by atoms with Gasteiger partial charge in [0.25, 0.3) is 0 Å². The number of halogens is 2. The summed E-state index contributed by atoms with van der Waals surface area (Å²) >= 11 is 9.57. The summed E-state index contributed by atoms with van der Waals surface area (Å²) in [5.74, 6) is 0.838. The number of nitrogens with one attached hydrogen (secondary N) is 1. The quantitative estimate of drug-likeness (QED) is 0.395. The van der Waals surface area contributed by atoms with Gasteiger partial charge in [-0.25, -0.2) is 4.98 Å².